The van der Waals surface area contributed by atoms with E-state index in [1.54, 1.807) is 26.5 Å². The molecule has 0 N–H and O–H groups in total. The van der Waals surface area contributed by atoms with Gasteiger partial charge in [-0.15, -0.1) is 143 Å². The molecule has 0 aliphatic rings. The zero-order chi connectivity index (χ0) is 57.2. The van der Waals surface area contributed by atoms with E-state index < -0.39 is 0 Å². The SMILES string of the molecule is COc1ccccc1-c1ccc(-c2[c-]cccc2)nc1.COc1ccccc1-c1ccc(-c2[c-]cccc2)nc1.[2H]c1[c-]c(-c2ccc(-c3c(C)cccc3C)cn2)c([2H])c([2H])c1[2H].[Ir].[Ir].[Ir].[Ir].[c-]1ccccc1-c1ccc(-c2ccccc2)cn1. The first kappa shape index (κ1) is 59.2. The van der Waals surface area contributed by atoms with E-state index in [2.05, 4.69) is 101 Å². The molecular formula is C72H56Ir4N4O2-4. The van der Waals surface area contributed by atoms with Crippen molar-refractivity contribution in [3.63, 3.8) is 0 Å². The maximum atomic E-state index is 7.99. The Morgan fingerprint density at radius 1 is 0.341 bits per heavy atom. The summed E-state index contributed by atoms with van der Waals surface area (Å²) in [6.45, 7) is 4.11. The molecule has 0 bridgehead atoms. The van der Waals surface area contributed by atoms with Gasteiger partial charge in [0.15, 0.2) is 0 Å². The monoisotopic (exact) mass is 1780 g/mol. The van der Waals surface area contributed by atoms with E-state index in [1.165, 1.54) is 5.56 Å². The molecule has 82 heavy (non-hydrogen) atoms. The summed E-state index contributed by atoms with van der Waals surface area (Å²) in [5, 5.41) is 0. The van der Waals surface area contributed by atoms with E-state index in [9.17, 15) is 0 Å². The molecule has 6 nitrogen and oxygen atoms in total. The van der Waals surface area contributed by atoms with Crippen molar-refractivity contribution in [3.05, 3.63) is 303 Å². The second-order valence-electron chi connectivity index (χ2n) is 17.6. The van der Waals surface area contributed by atoms with Gasteiger partial charge in [0.05, 0.1) is 14.2 Å². The minimum atomic E-state index is -0.282. The van der Waals surface area contributed by atoms with Crippen LogP contribution in [0.15, 0.2) is 267 Å². The predicted molar refractivity (Wildman–Crippen MR) is 318 cm³/mol. The third-order valence-electron chi connectivity index (χ3n) is 12.5. The number of pyridine rings is 4. The summed E-state index contributed by atoms with van der Waals surface area (Å²) in [6.07, 6.45) is 7.38. The van der Waals surface area contributed by atoms with Crippen LogP contribution in [0.3, 0.4) is 0 Å². The van der Waals surface area contributed by atoms with Gasteiger partial charge in [-0.05, 0) is 84.9 Å². The van der Waals surface area contributed by atoms with Crippen LogP contribution in [-0.2, 0) is 80.4 Å². The molecule has 0 spiro atoms. The van der Waals surface area contributed by atoms with Gasteiger partial charge in [-0.1, -0.05) is 133 Å². The van der Waals surface area contributed by atoms with E-state index in [0.29, 0.717) is 5.69 Å². The van der Waals surface area contributed by atoms with E-state index in [1.807, 2.05) is 188 Å². The Labute approximate surface area is 542 Å². The fourth-order valence-electron chi connectivity index (χ4n) is 8.54. The van der Waals surface area contributed by atoms with Crippen LogP contribution in [0.1, 0.15) is 16.6 Å². The van der Waals surface area contributed by atoms with Gasteiger partial charge in [0.1, 0.15) is 11.5 Å². The molecule has 416 valence electrons. The number of hydrogen-bond donors (Lipinski definition) is 0. The topological polar surface area (TPSA) is 70.0 Å². The van der Waals surface area contributed by atoms with E-state index >= 15 is 0 Å². The van der Waals surface area contributed by atoms with E-state index in [-0.39, 0.29) is 110 Å². The number of nitrogens with zero attached hydrogens (tertiary/aromatic N) is 4. The van der Waals surface area contributed by atoms with Gasteiger partial charge in [-0.25, -0.2) is 0 Å². The molecule has 0 amide bonds. The zero-order valence-electron chi connectivity index (χ0n) is 49.0. The molecule has 4 aromatic heterocycles. The fourth-order valence-corrected chi connectivity index (χ4v) is 8.54. The first-order valence-electron chi connectivity index (χ1n) is 27.2. The third-order valence-corrected chi connectivity index (χ3v) is 12.5. The molecule has 12 aromatic rings. The average Bonchev–Trinajstić information content (AvgIpc) is 1.91. The number of hydrogen-bond acceptors (Lipinski definition) is 6. The fraction of sp³-hybridized carbons (Fsp3) is 0.0556. The summed E-state index contributed by atoms with van der Waals surface area (Å²) in [5.74, 6) is 1.71. The van der Waals surface area contributed by atoms with Gasteiger partial charge in [0.2, 0.25) is 0 Å². The molecule has 0 unspecified atom stereocenters. The molecule has 12 rings (SSSR count). The van der Waals surface area contributed by atoms with E-state index in [0.717, 1.165) is 95.3 Å². The minimum absolute atomic E-state index is 0. The normalized spacial score (nSPS) is 10.5. The maximum Gasteiger partial charge on any atom is 0.126 e. The minimum Gasteiger partial charge on any atom is -0.496 e. The number of para-hydroxylation sites is 2. The van der Waals surface area contributed by atoms with Crippen LogP contribution in [0.2, 0.25) is 0 Å². The van der Waals surface area contributed by atoms with Gasteiger partial charge in [0.25, 0.3) is 0 Å². The Hall–Kier alpha value is -7.44. The second-order valence-corrected chi connectivity index (χ2v) is 17.6. The molecule has 4 heterocycles. The van der Waals surface area contributed by atoms with Crippen molar-refractivity contribution in [1.29, 1.82) is 0 Å². The number of rotatable bonds is 10. The molecule has 0 saturated heterocycles. The van der Waals surface area contributed by atoms with Crippen LogP contribution < -0.4 is 9.47 Å². The van der Waals surface area contributed by atoms with Gasteiger partial charge < -0.3 is 29.4 Å². The smallest absolute Gasteiger partial charge is 0.126 e. The molecule has 0 fully saturated rings. The van der Waals surface area contributed by atoms with Crippen molar-refractivity contribution < 1.29 is 95.4 Å². The third kappa shape index (κ3) is 17.8. The molecule has 4 radical (unpaired) electrons. The number of aryl methyl sites for hydroxylation is 2. The zero-order valence-corrected chi connectivity index (χ0v) is 54.6. The summed E-state index contributed by atoms with van der Waals surface area (Å²) < 4.78 is 41.8. The van der Waals surface area contributed by atoms with Crippen LogP contribution in [0.25, 0.3) is 89.5 Å². The van der Waals surface area contributed by atoms with Crippen LogP contribution in [0.4, 0.5) is 0 Å². The molecular weight excluding hydrogens is 1720 g/mol. The maximum absolute atomic E-state index is 7.99. The van der Waals surface area contributed by atoms with Gasteiger partial charge in [-0.3, -0.25) is 0 Å². The molecule has 0 aliphatic carbocycles. The Morgan fingerprint density at radius 3 is 1.13 bits per heavy atom. The first-order chi connectivity index (χ1) is 40.1. The Kier molecular flexibility index (Phi) is 24.6. The number of methoxy groups -OCH3 is 2. The largest absolute Gasteiger partial charge is 0.496 e. The second kappa shape index (κ2) is 34.1. The molecule has 10 heteroatoms. The van der Waals surface area contributed by atoms with Crippen molar-refractivity contribution in [1.82, 2.24) is 19.9 Å². The Morgan fingerprint density at radius 2 is 0.732 bits per heavy atom. The first-order valence-corrected chi connectivity index (χ1v) is 25.2. The van der Waals surface area contributed by atoms with Crippen LogP contribution in [0.5, 0.6) is 11.5 Å². The Bertz CT molecular complexity index is 3790. The van der Waals surface area contributed by atoms with Gasteiger partial charge in [-0.2, -0.15) is 0 Å². The van der Waals surface area contributed by atoms with Crippen molar-refractivity contribution in [3.8, 4) is 101 Å². The van der Waals surface area contributed by atoms with Crippen molar-refractivity contribution >= 4 is 0 Å². The molecule has 8 aromatic carbocycles. The van der Waals surface area contributed by atoms with Crippen LogP contribution in [-0.4, -0.2) is 34.2 Å². The van der Waals surface area contributed by atoms with Crippen LogP contribution in [0, 0.1) is 38.1 Å². The number of benzene rings is 8. The summed E-state index contributed by atoms with van der Waals surface area (Å²) in [5.41, 5.74) is 17.5. The summed E-state index contributed by atoms with van der Waals surface area (Å²) in [7, 11) is 3.36. The van der Waals surface area contributed by atoms with E-state index in [4.69, 9.17) is 15.0 Å². The van der Waals surface area contributed by atoms with Gasteiger partial charge >= 0.3 is 0 Å². The van der Waals surface area contributed by atoms with Crippen LogP contribution >= 0.6 is 0 Å². The predicted octanol–water partition coefficient (Wildman–Crippen LogP) is 17.5. The number of ether oxygens (including phenoxy) is 2. The standard InChI is InChI=1S/C19H16N.2C18H14NO.C17H12N.4Ir/c1-14-7-6-8-15(2)19(14)17-11-12-18(20-13-17)16-9-4-3-5-10-16;2*1-20-18-10-6-5-9-16(18)15-11-12-17(19-13-15)14-7-3-2-4-8-14;1-3-7-14(8-4-1)16-11-12-17(18-13-16)15-9-5-2-6-10-15;;;;/h3-9,11-13H,1-2H3;2*2-7,9-13H,1H3;1-9,11-13H;;;;/q4*-1;;;;/i3D,4D,5D,9D;;;;;;;. The summed E-state index contributed by atoms with van der Waals surface area (Å²) in [6, 6.07) is 83.2. The van der Waals surface area contributed by atoms with Crippen molar-refractivity contribution in [2.75, 3.05) is 14.2 Å². The Balaban J connectivity index is 0.000000207. The van der Waals surface area contributed by atoms with Crippen molar-refractivity contribution in [2.24, 2.45) is 0 Å². The summed E-state index contributed by atoms with van der Waals surface area (Å²) in [4.78, 5) is 17.9. The van der Waals surface area contributed by atoms with Gasteiger partial charge in [0, 0.05) is 130 Å². The average molecular weight is 1780 g/mol. The quantitative estimate of drug-likeness (QED) is 0.127. The molecule has 0 aliphatic heterocycles. The van der Waals surface area contributed by atoms with Crippen molar-refractivity contribution in [2.45, 2.75) is 13.8 Å². The molecule has 0 saturated carbocycles. The molecule has 0 atom stereocenters. The number of aromatic nitrogens is 4. The summed E-state index contributed by atoms with van der Waals surface area (Å²) >= 11 is 0.